The minimum Gasteiger partial charge on any atom is -0.458 e. The van der Waals surface area contributed by atoms with E-state index in [2.05, 4.69) is 13.2 Å². The van der Waals surface area contributed by atoms with Gasteiger partial charge in [-0.1, -0.05) is 43.5 Å². The Balaban J connectivity index is 0.000000980. The summed E-state index contributed by atoms with van der Waals surface area (Å²) in [4.78, 5) is 23.1. The van der Waals surface area contributed by atoms with E-state index in [0.29, 0.717) is 11.1 Å². The van der Waals surface area contributed by atoms with E-state index in [0.717, 1.165) is 0 Å². The zero-order valence-corrected chi connectivity index (χ0v) is 13.1. The molecule has 118 valence electrons. The molecule has 0 N–H and O–H groups in total. The average Bonchev–Trinajstić information content (AvgIpc) is 2.57. The van der Waals surface area contributed by atoms with Crippen LogP contribution in [-0.2, 0) is 9.47 Å². The molecule has 22 heavy (non-hydrogen) atoms. The molecule has 0 bridgehead atoms. The van der Waals surface area contributed by atoms with Crippen LogP contribution in [0, 0.1) is 0 Å². The highest BCUT2D eigenvalue weighted by molar-refractivity contribution is 5.95. The van der Waals surface area contributed by atoms with E-state index in [1.807, 2.05) is 26.0 Å². The van der Waals surface area contributed by atoms with E-state index < -0.39 is 11.9 Å². The molecule has 4 heteroatoms. The average molecular weight is 302 g/mol. The third-order valence-electron chi connectivity index (χ3n) is 2.33. The van der Waals surface area contributed by atoms with Gasteiger partial charge in [-0.05, 0) is 32.0 Å². The lowest BCUT2D eigenvalue weighted by Crippen LogP contribution is -2.09. The second kappa shape index (κ2) is 12.1. The molecule has 0 fully saturated rings. The minimum absolute atomic E-state index is 0.129. The van der Waals surface area contributed by atoms with Gasteiger partial charge in [-0.25, -0.2) is 9.59 Å². The summed E-state index contributed by atoms with van der Waals surface area (Å²) in [5, 5.41) is 0. The van der Waals surface area contributed by atoms with Crippen molar-refractivity contribution in [2.45, 2.75) is 13.8 Å². The van der Waals surface area contributed by atoms with E-state index in [1.165, 1.54) is 18.2 Å². The molecule has 1 rings (SSSR count). The molecule has 0 radical (unpaired) electrons. The van der Waals surface area contributed by atoms with Crippen LogP contribution in [0.3, 0.4) is 0 Å². The fourth-order valence-electron chi connectivity index (χ4n) is 1.21. The van der Waals surface area contributed by atoms with E-state index in [1.54, 1.807) is 18.2 Å². The Labute approximate surface area is 131 Å². The van der Waals surface area contributed by atoms with Gasteiger partial charge < -0.3 is 9.47 Å². The molecule has 0 aliphatic heterocycles. The Bertz CT molecular complexity index is 486. The smallest absolute Gasteiger partial charge is 0.338 e. The Morgan fingerprint density at radius 1 is 0.955 bits per heavy atom. The predicted molar refractivity (Wildman–Crippen MR) is 87.9 cm³/mol. The Hall–Kier alpha value is -2.62. The van der Waals surface area contributed by atoms with Crippen molar-refractivity contribution in [1.82, 2.24) is 0 Å². The third kappa shape index (κ3) is 7.85. The van der Waals surface area contributed by atoms with Gasteiger partial charge in [0.1, 0.15) is 13.2 Å². The molecule has 0 aliphatic rings. The number of benzene rings is 1. The number of esters is 2. The summed E-state index contributed by atoms with van der Waals surface area (Å²) in [5.74, 6) is -1.01. The Kier molecular flexibility index (Phi) is 10.7. The molecule has 0 atom stereocenters. The van der Waals surface area contributed by atoms with Crippen molar-refractivity contribution in [2.24, 2.45) is 0 Å². The quantitative estimate of drug-likeness (QED) is 0.589. The standard InChI is InChI=1S/C14H14O4.C4H8/c1-3-8-17-13(15)11-6-5-7-12(10-11)14(16)18-9-4-2;1-3-4-2/h3-7,10H,1-2,8-9H2;3-4H,1-2H3. The number of allylic oxidation sites excluding steroid dienone is 2. The first kappa shape index (κ1) is 19.4. The first-order chi connectivity index (χ1) is 10.6. The molecule has 4 nitrogen and oxygen atoms in total. The summed E-state index contributed by atoms with van der Waals surface area (Å²) >= 11 is 0. The van der Waals surface area contributed by atoms with Crippen LogP contribution >= 0.6 is 0 Å². The molecular formula is C18H22O4. The maximum Gasteiger partial charge on any atom is 0.338 e. The SMILES string of the molecule is C=CCOC(=O)c1cccc(C(=O)OCC=C)c1.CC=CC. The van der Waals surface area contributed by atoms with Crippen molar-refractivity contribution in [1.29, 1.82) is 0 Å². The summed E-state index contributed by atoms with van der Waals surface area (Å²) in [6, 6.07) is 6.15. The van der Waals surface area contributed by atoms with Gasteiger partial charge >= 0.3 is 11.9 Å². The van der Waals surface area contributed by atoms with Crippen LogP contribution in [0.1, 0.15) is 34.6 Å². The number of carbonyl (C=O) groups is 2. The largest absolute Gasteiger partial charge is 0.458 e. The van der Waals surface area contributed by atoms with Crippen molar-refractivity contribution in [2.75, 3.05) is 13.2 Å². The Morgan fingerprint density at radius 2 is 1.36 bits per heavy atom. The first-order valence-corrected chi connectivity index (χ1v) is 6.84. The molecule has 0 heterocycles. The number of carbonyl (C=O) groups excluding carboxylic acids is 2. The Morgan fingerprint density at radius 3 is 1.68 bits per heavy atom. The van der Waals surface area contributed by atoms with Crippen molar-refractivity contribution in [3.8, 4) is 0 Å². The molecule has 0 aliphatic carbocycles. The van der Waals surface area contributed by atoms with Crippen molar-refractivity contribution < 1.29 is 19.1 Å². The van der Waals surface area contributed by atoms with Crippen molar-refractivity contribution in [3.63, 3.8) is 0 Å². The van der Waals surface area contributed by atoms with Gasteiger partial charge in [0, 0.05) is 0 Å². The first-order valence-electron chi connectivity index (χ1n) is 6.84. The zero-order valence-electron chi connectivity index (χ0n) is 13.1. The lowest BCUT2D eigenvalue weighted by atomic mass is 10.1. The third-order valence-corrected chi connectivity index (χ3v) is 2.33. The number of rotatable bonds is 6. The van der Waals surface area contributed by atoms with Gasteiger partial charge in [0.2, 0.25) is 0 Å². The van der Waals surface area contributed by atoms with Gasteiger partial charge in [-0.15, -0.1) is 0 Å². The maximum atomic E-state index is 11.6. The second-order valence-corrected chi connectivity index (χ2v) is 4.02. The fraction of sp³-hybridized carbons (Fsp3) is 0.222. The summed E-state index contributed by atoms with van der Waals surface area (Å²) in [5.41, 5.74) is 0.592. The molecule has 0 saturated heterocycles. The minimum atomic E-state index is -0.506. The summed E-state index contributed by atoms with van der Waals surface area (Å²) in [6.45, 7) is 11.1. The van der Waals surface area contributed by atoms with Crippen molar-refractivity contribution in [3.05, 3.63) is 72.9 Å². The highest BCUT2D eigenvalue weighted by Crippen LogP contribution is 2.08. The van der Waals surface area contributed by atoms with E-state index in [-0.39, 0.29) is 13.2 Å². The monoisotopic (exact) mass is 302 g/mol. The van der Waals surface area contributed by atoms with Crippen LogP contribution in [0.2, 0.25) is 0 Å². The van der Waals surface area contributed by atoms with Crippen molar-refractivity contribution >= 4 is 11.9 Å². The van der Waals surface area contributed by atoms with E-state index >= 15 is 0 Å². The van der Waals surface area contributed by atoms with Gasteiger partial charge in [-0.2, -0.15) is 0 Å². The van der Waals surface area contributed by atoms with Gasteiger partial charge in [0.15, 0.2) is 0 Å². The van der Waals surface area contributed by atoms with Gasteiger partial charge in [0.25, 0.3) is 0 Å². The van der Waals surface area contributed by atoms with E-state index in [4.69, 9.17) is 9.47 Å². The molecule has 0 unspecified atom stereocenters. The molecule has 1 aromatic rings. The summed E-state index contributed by atoms with van der Waals surface area (Å²) < 4.78 is 9.74. The lowest BCUT2D eigenvalue weighted by Gasteiger charge is -2.05. The number of hydrogen-bond donors (Lipinski definition) is 0. The fourth-order valence-corrected chi connectivity index (χ4v) is 1.21. The number of ether oxygens (including phenoxy) is 2. The van der Waals surface area contributed by atoms with Crippen LogP contribution in [0.25, 0.3) is 0 Å². The second-order valence-electron chi connectivity index (χ2n) is 4.02. The zero-order chi connectivity index (χ0) is 16.8. The van der Waals surface area contributed by atoms with Crippen LogP contribution in [-0.4, -0.2) is 25.2 Å². The lowest BCUT2D eigenvalue weighted by molar-refractivity contribution is 0.0548. The van der Waals surface area contributed by atoms with E-state index in [9.17, 15) is 9.59 Å². The molecule has 0 spiro atoms. The highest BCUT2D eigenvalue weighted by Gasteiger charge is 2.11. The topological polar surface area (TPSA) is 52.6 Å². The highest BCUT2D eigenvalue weighted by atomic mass is 16.5. The van der Waals surface area contributed by atoms with Gasteiger partial charge in [0.05, 0.1) is 11.1 Å². The summed E-state index contributed by atoms with van der Waals surface area (Å²) in [6.07, 6.45) is 6.94. The molecule has 1 aromatic carbocycles. The van der Waals surface area contributed by atoms with Crippen LogP contribution in [0.15, 0.2) is 61.7 Å². The molecule has 0 aromatic heterocycles. The van der Waals surface area contributed by atoms with Crippen LogP contribution in [0.5, 0.6) is 0 Å². The molecule has 0 saturated carbocycles. The predicted octanol–water partition coefficient (Wildman–Crippen LogP) is 3.95. The molecular weight excluding hydrogens is 280 g/mol. The van der Waals surface area contributed by atoms with Crippen LogP contribution < -0.4 is 0 Å². The number of hydrogen-bond acceptors (Lipinski definition) is 4. The normalized spacial score (nSPS) is 9.36. The van der Waals surface area contributed by atoms with Crippen LogP contribution in [0.4, 0.5) is 0 Å². The maximum absolute atomic E-state index is 11.6. The summed E-state index contributed by atoms with van der Waals surface area (Å²) in [7, 11) is 0. The molecule has 0 amide bonds. The van der Waals surface area contributed by atoms with Gasteiger partial charge in [-0.3, -0.25) is 0 Å².